The van der Waals surface area contributed by atoms with Gasteiger partial charge in [0.15, 0.2) is 0 Å². The molecule has 1 aromatic heterocycles. The summed E-state index contributed by atoms with van der Waals surface area (Å²) < 4.78 is 2.21. The number of benzene rings is 1. The second kappa shape index (κ2) is 9.07. The van der Waals surface area contributed by atoms with E-state index >= 15 is 0 Å². The first-order chi connectivity index (χ1) is 14.8. The van der Waals surface area contributed by atoms with Crippen LogP contribution in [0.4, 0.5) is 4.79 Å². The van der Waals surface area contributed by atoms with Crippen LogP contribution in [-0.2, 0) is 4.79 Å². The largest absolute Gasteiger partial charge is 0.318 e. The average Bonchev–Trinajstić information content (AvgIpc) is 3.18. The van der Waals surface area contributed by atoms with Gasteiger partial charge in [0, 0.05) is 23.6 Å². The van der Waals surface area contributed by atoms with E-state index in [0.29, 0.717) is 23.3 Å². The zero-order valence-electron chi connectivity index (χ0n) is 19.0. The fourth-order valence-electron chi connectivity index (χ4n) is 4.77. The lowest BCUT2D eigenvalue weighted by Crippen LogP contribution is -2.34. The number of hydrogen-bond donors (Lipinski definition) is 0. The van der Waals surface area contributed by atoms with E-state index in [2.05, 4.69) is 62.6 Å². The van der Waals surface area contributed by atoms with Crippen LogP contribution in [0, 0.1) is 19.8 Å². The molecule has 2 fully saturated rings. The lowest BCUT2D eigenvalue weighted by atomic mass is 9.89. The predicted octanol–water partition coefficient (Wildman–Crippen LogP) is 6.83. The molecule has 0 radical (unpaired) electrons. The molecule has 1 aromatic carbocycles. The number of hydrogen-bond acceptors (Lipinski definition) is 3. The minimum Gasteiger partial charge on any atom is -0.318 e. The van der Waals surface area contributed by atoms with Crippen LogP contribution in [0.5, 0.6) is 0 Å². The van der Waals surface area contributed by atoms with Crippen LogP contribution in [0.2, 0.25) is 0 Å². The van der Waals surface area contributed by atoms with Crippen molar-refractivity contribution in [2.45, 2.75) is 65.7 Å². The molecule has 1 saturated carbocycles. The Morgan fingerprint density at radius 1 is 1.06 bits per heavy atom. The molecule has 0 atom stereocenters. The van der Waals surface area contributed by atoms with Gasteiger partial charge in [-0.25, -0.2) is 0 Å². The van der Waals surface area contributed by atoms with E-state index in [-0.39, 0.29) is 11.1 Å². The number of nitrogens with zero attached hydrogens (tertiary/aromatic N) is 2. The molecule has 2 aliphatic rings. The zero-order valence-corrected chi connectivity index (χ0v) is 19.8. The van der Waals surface area contributed by atoms with Crippen molar-refractivity contribution in [3.63, 3.8) is 0 Å². The summed E-state index contributed by atoms with van der Waals surface area (Å²) in [6.45, 7) is 9.11. The summed E-state index contributed by atoms with van der Waals surface area (Å²) in [5, 5.41) is -0.125. The molecule has 2 amide bonds. The molecule has 0 spiro atoms. The molecule has 164 valence electrons. The highest BCUT2D eigenvalue weighted by Gasteiger charge is 2.36. The summed E-state index contributed by atoms with van der Waals surface area (Å²) in [6, 6.07) is 10.7. The molecular formula is C26H32N2O2S. The summed E-state index contributed by atoms with van der Waals surface area (Å²) >= 11 is 1.08. The highest BCUT2D eigenvalue weighted by Crippen LogP contribution is 2.36. The third-order valence-corrected chi connectivity index (χ3v) is 7.52. The normalized spacial score (nSPS) is 19.3. The molecule has 4 rings (SSSR count). The van der Waals surface area contributed by atoms with Crippen molar-refractivity contribution in [1.82, 2.24) is 9.47 Å². The Balaban J connectivity index is 1.57. The van der Waals surface area contributed by atoms with Crippen molar-refractivity contribution >= 4 is 29.0 Å². The SMILES string of the molecule is Cc1cc(/C=C2/SC(=O)N(CC3CCCCC3)C2=O)c(C)n1-c1ccc(C(C)C)cc1. The molecule has 4 nitrogen and oxygen atoms in total. The summed E-state index contributed by atoms with van der Waals surface area (Å²) in [6.07, 6.45) is 7.83. The summed E-state index contributed by atoms with van der Waals surface area (Å²) in [7, 11) is 0. The Labute approximate surface area is 189 Å². The van der Waals surface area contributed by atoms with Crippen LogP contribution >= 0.6 is 11.8 Å². The Bertz CT molecular complexity index is 1010. The van der Waals surface area contributed by atoms with E-state index in [0.717, 1.165) is 47.2 Å². The molecule has 2 aromatic rings. The number of thioether (sulfide) groups is 1. The van der Waals surface area contributed by atoms with E-state index in [1.165, 1.54) is 29.7 Å². The van der Waals surface area contributed by atoms with E-state index in [4.69, 9.17) is 0 Å². The zero-order chi connectivity index (χ0) is 22.1. The molecule has 5 heteroatoms. The third-order valence-electron chi connectivity index (χ3n) is 6.61. The molecule has 1 aliphatic heterocycles. The molecule has 2 heterocycles. The number of carbonyl (C=O) groups is 2. The van der Waals surface area contributed by atoms with Gasteiger partial charge in [0.1, 0.15) is 0 Å². The number of rotatable bonds is 5. The maximum absolute atomic E-state index is 13.0. The van der Waals surface area contributed by atoms with Gasteiger partial charge in [0.2, 0.25) is 0 Å². The van der Waals surface area contributed by atoms with E-state index < -0.39 is 0 Å². The molecule has 1 aliphatic carbocycles. The highest BCUT2D eigenvalue weighted by molar-refractivity contribution is 8.18. The average molecular weight is 437 g/mol. The second-order valence-corrected chi connectivity index (χ2v) is 10.2. The van der Waals surface area contributed by atoms with Crippen LogP contribution in [0.1, 0.15) is 74.4 Å². The molecule has 0 N–H and O–H groups in total. The molecular weight excluding hydrogens is 404 g/mol. The van der Waals surface area contributed by atoms with Crippen molar-refractivity contribution in [2.75, 3.05) is 6.54 Å². The Hall–Kier alpha value is -2.27. The maximum Gasteiger partial charge on any atom is 0.293 e. The second-order valence-electron chi connectivity index (χ2n) is 9.20. The van der Waals surface area contributed by atoms with Crippen molar-refractivity contribution in [3.8, 4) is 5.69 Å². The van der Waals surface area contributed by atoms with Crippen LogP contribution in [-0.4, -0.2) is 27.2 Å². The fraction of sp³-hybridized carbons (Fsp3) is 0.462. The van der Waals surface area contributed by atoms with Gasteiger partial charge >= 0.3 is 0 Å². The van der Waals surface area contributed by atoms with E-state index in [1.54, 1.807) is 0 Å². The van der Waals surface area contributed by atoms with Crippen molar-refractivity contribution < 1.29 is 9.59 Å². The minimum atomic E-state index is -0.133. The van der Waals surface area contributed by atoms with Gasteiger partial charge in [-0.3, -0.25) is 14.5 Å². The first-order valence-electron chi connectivity index (χ1n) is 11.4. The quantitative estimate of drug-likeness (QED) is 0.482. The Morgan fingerprint density at radius 2 is 1.74 bits per heavy atom. The van der Waals surface area contributed by atoms with E-state index in [9.17, 15) is 9.59 Å². The first kappa shape index (κ1) is 21.9. The third kappa shape index (κ3) is 4.52. The van der Waals surface area contributed by atoms with Gasteiger partial charge in [-0.1, -0.05) is 45.2 Å². The summed E-state index contributed by atoms with van der Waals surface area (Å²) in [4.78, 5) is 27.5. The van der Waals surface area contributed by atoms with Crippen molar-refractivity contribution in [2.24, 2.45) is 5.92 Å². The Morgan fingerprint density at radius 3 is 2.39 bits per heavy atom. The molecule has 0 unspecified atom stereocenters. The van der Waals surface area contributed by atoms with E-state index in [1.807, 2.05) is 6.08 Å². The topological polar surface area (TPSA) is 42.3 Å². The van der Waals surface area contributed by atoms with Crippen molar-refractivity contribution in [3.05, 3.63) is 57.8 Å². The van der Waals surface area contributed by atoms with Gasteiger partial charge in [0.05, 0.1) is 4.91 Å². The predicted molar refractivity (Wildman–Crippen MR) is 129 cm³/mol. The maximum atomic E-state index is 13.0. The molecule has 0 bridgehead atoms. The number of aromatic nitrogens is 1. The van der Waals surface area contributed by atoms with Crippen LogP contribution in [0.15, 0.2) is 35.2 Å². The minimum absolute atomic E-state index is 0.125. The summed E-state index contributed by atoms with van der Waals surface area (Å²) in [5.41, 5.74) is 5.62. The van der Waals surface area contributed by atoms with Crippen LogP contribution in [0.25, 0.3) is 11.8 Å². The van der Waals surface area contributed by atoms with Gasteiger partial charge in [-0.05, 0) is 85.7 Å². The highest BCUT2D eigenvalue weighted by atomic mass is 32.2. The van der Waals surface area contributed by atoms with Gasteiger partial charge in [0.25, 0.3) is 11.1 Å². The smallest absolute Gasteiger partial charge is 0.293 e. The first-order valence-corrected chi connectivity index (χ1v) is 12.2. The lowest BCUT2D eigenvalue weighted by Gasteiger charge is -2.25. The summed E-state index contributed by atoms with van der Waals surface area (Å²) in [5.74, 6) is 0.827. The van der Waals surface area contributed by atoms with Crippen LogP contribution < -0.4 is 0 Å². The number of carbonyl (C=O) groups excluding carboxylic acids is 2. The van der Waals surface area contributed by atoms with Crippen molar-refractivity contribution in [1.29, 1.82) is 0 Å². The number of imide groups is 1. The van der Waals surface area contributed by atoms with Gasteiger partial charge in [-0.2, -0.15) is 0 Å². The molecule has 31 heavy (non-hydrogen) atoms. The monoisotopic (exact) mass is 436 g/mol. The number of aryl methyl sites for hydroxylation is 1. The van der Waals surface area contributed by atoms with Gasteiger partial charge in [-0.15, -0.1) is 0 Å². The standard InChI is InChI=1S/C26H32N2O2S/c1-17(2)21-10-12-23(13-11-21)28-18(3)14-22(19(28)4)15-24-25(29)27(26(30)31-24)16-20-8-6-5-7-9-20/h10-15,17,20H,5-9,16H2,1-4H3/b24-15+. The van der Waals surface area contributed by atoms with Gasteiger partial charge < -0.3 is 4.57 Å². The number of amides is 2. The Kier molecular flexibility index (Phi) is 6.42. The fourth-order valence-corrected chi connectivity index (χ4v) is 5.61. The van der Waals surface area contributed by atoms with Crippen LogP contribution in [0.3, 0.4) is 0 Å². The molecule has 1 saturated heterocycles. The lowest BCUT2D eigenvalue weighted by molar-refractivity contribution is -0.123.